The SMILES string of the molecule is Cc1cn([C@H]2C[C@H](n3cc(-c4ccc5ccccc5c4)nn3)[C@@H](CO)O2)c(=O)[nH]c1=O. The Labute approximate surface area is 176 Å². The Morgan fingerprint density at radius 3 is 2.77 bits per heavy atom. The van der Waals surface area contributed by atoms with E-state index < -0.39 is 23.6 Å². The van der Waals surface area contributed by atoms with Gasteiger partial charge in [-0.15, -0.1) is 5.10 Å². The molecule has 5 rings (SSSR count). The number of hydrogen-bond donors (Lipinski definition) is 2. The quantitative estimate of drug-likeness (QED) is 0.521. The first-order valence-corrected chi connectivity index (χ1v) is 10.0. The van der Waals surface area contributed by atoms with Crippen LogP contribution in [0.15, 0.2) is 64.4 Å². The number of ether oxygens (including phenoxy) is 1. The van der Waals surface area contributed by atoms with Gasteiger partial charge >= 0.3 is 5.69 Å². The number of hydrogen-bond acceptors (Lipinski definition) is 6. The van der Waals surface area contributed by atoms with Gasteiger partial charge in [0.25, 0.3) is 5.56 Å². The second-order valence-electron chi connectivity index (χ2n) is 7.74. The lowest BCUT2D eigenvalue weighted by atomic mass is 10.1. The molecule has 4 aromatic rings. The Morgan fingerprint density at radius 1 is 1.16 bits per heavy atom. The average Bonchev–Trinajstić information content (AvgIpc) is 3.43. The Morgan fingerprint density at radius 2 is 1.97 bits per heavy atom. The molecule has 9 heteroatoms. The van der Waals surface area contributed by atoms with Crippen LogP contribution in [-0.4, -0.2) is 42.4 Å². The first-order valence-electron chi connectivity index (χ1n) is 10.0. The van der Waals surface area contributed by atoms with Crippen LogP contribution in [0.3, 0.4) is 0 Å². The smallest absolute Gasteiger partial charge is 0.330 e. The average molecular weight is 419 g/mol. The number of aromatic nitrogens is 5. The Bertz CT molecular complexity index is 1370. The molecule has 1 fully saturated rings. The highest BCUT2D eigenvalue weighted by atomic mass is 16.5. The van der Waals surface area contributed by atoms with Crippen LogP contribution in [0.5, 0.6) is 0 Å². The van der Waals surface area contributed by atoms with Crippen molar-refractivity contribution in [3.05, 3.63) is 81.3 Å². The predicted molar refractivity (Wildman–Crippen MR) is 114 cm³/mol. The summed E-state index contributed by atoms with van der Waals surface area (Å²) < 4.78 is 8.94. The van der Waals surface area contributed by atoms with Gasteiger partial charge in [-0.2, -0.15) is 0 Å². The number of rotatable bonds is 4. The summed E-state index contributed by atoms with van der Waals surface area (Å²) in [5.41, 5.74) is 1.09. The van der Waals surface area contributed by atoms with Crippen molar-refractivity contribution in [3.8, 4) is 11.3 Å². The fraction of sp³-hybridized carbons (Fsp3) is 0.273. The van der Waals surface area contributed by atoms with Crippen molar-refractivity contribution in [3.63, 3.8) is 0 Å². The zero-order valence-electron chi connectivity index (χ0n) is 16.8. The monoisotopic (exact) mass is 419 g/mol. The maximum atomic E-state index is 12.2. The maximum absolute atomic E-state index is 12.2. The summed E-state index contributed by atoms with van der Waals surface area (Å²) in [5.74, 6) is 0. The van der Waals surface area contributed by atoms with Gasteiger partial charge in [-0.25, -0.2) is 9.48 Å². The van der Waals surface area contributed by atoms with Crippen LogP contribution in [0, 0.1) is 6.92 Å². The second kappa shape index (κ2) is 7.60. The van der Waals surface area contributed by atoms with E-state index in [2.05, 4.69) is 27.4 Å². The van der Waals surface area contributed by atoms with Gasteiger partial charge in [0.05, 0.1) is 18.8 Å². The van der Waals surface area contributed by atoms with E-state index in [9.17, 15) is 14.7 Å². The van der Waals surface area contributed by atoms with E-state index >= 15 is 0 Å². The Hall–Kier alpha value is -3.56. The molecule has 0 saturated carbocycles. The van der Waals surface area contributed by atoms with E-state index in [0.717, 1.165) is 16.3 Å². The standard InChI is InChI=1S/C22H21N5O4/c1-13-10-26(22(30)23-21(13)29)20-9-18(19(12-28)31-20)27-11-17(24-25-27)16-7-6-14-4-2-3-5-15(14)8-16/h2-8,10-11,18-20,28H,9,12H2,1H3,(H,23,29,30)/t18-,19+,20+/m0/s1. The van der Waals surface area contributed by atoms with Crippen LogP contribution in [0.4, 0.5) is 0 Å². The summed E-state index contributed by atoms with van der Waals surface area (Å²) in [6, 6.07) is 13.9. The molecule has 0 bridgehead atoms. The molecule has 3 atom stereocenters. The summed E-state index contributed by atoms with van der Waals surface area (Å²) >= 11 is 0. The van der Waals surface area contributed by atoms with Gasteiger partial charge in [0.1, 0.15) is 18.0 Å². The lowest BCUT2D eigenvalue weighted by Gasteiger charge is -2.15. The van der Waals surface area contributed by atoms with Crippen LogP contribution in [-0.2, 0) is 4.74 Å². The molecular formula is C22H21N5O4. The van der Waals surface area contributed by atoms with Gasteiger partial charge in [-0.05, 0) is 23.8 Å². The molecular weight excluding hydrogens is 398 g/mol. The van der Waals surface area contributed by atoms with Crippen LogP contribution in [0.2, 0.25) is 0 Å². The largest absolute Gasteiger partial charge is 0.394 e. The lowest BCUT2D eigenvalue weighted by Crippen LogP contribution is -2.33. The number of H-pyrrole nitrogens is 1. The van der Waals surface area contributed by atoms with Crippen molar-refractivity contribution in [1.29, 1.82) is 0 Å². The minimum absolute atomic E-state index is 0.233. The molecule has 0 radical (unpaired) electrons. The van der Waals surface area contributed by atoms with Crippen molar-refractivity contribution >= 4 is 10.8 Å². The third kappa shape index (κ3) is 3.47. The molecule has 3 heterocycles. The van der Waals surface area contributed by atoms with E-state index in [-0.39, 0.29) is 12.6 Å². The number of nitrogens with zero attached hydrogens (tertiary/aromatic N) is 4. The molecule has 158 valence electrons. The summed E-state index contributed by atoms with van der Waals surface area (Å²) in [6.07, 6.45) is 2.51. The number of fused-ring (bicyclic) bond motifs is 1. The summed E-state index contributed by atoms with van der Waals surface area (Å²) in [4.78, 5) is 26.2. The van der Waals surface area contributed by atoms with Crippen LogP contribution < -0.4 is 11.2 Å². The molecule has 1 saturated heterocycles. The van der Waals surface area contributed by atoms with Gasteiger partial charge in [0, 0.05) is 23.7 Å². The van der Waals surface area contributed by atoms with Crippen molar-refractivity contribution in [2.45, 2.75) is 31.7 Å². The van der Waals surface area contributed by atoms with Crippen LogP contribution >= 0.6 is 0 Å². The van der Waals surface area contributed by atoms with Crippen molar-refractivity contribution < 1.29 is 9.84 Å². The first-order chi connectivity index (χ1) is 15.0. The molecule has 0 amide bonds. The topological polar surface area (TPSA) is 115 Å². The molecule has 31 heavy (non-hydrogen) atoms. The molecule has 1 aliphatic heterocycles. The van der Waals surface area contributed by atoms with Crippen molar-refractivity contribution in [2.75, 3.05) is 6.61 Å². The number of benzene rings is 2. The summed E-state index contributed by atoms with van der Waals surface area (Å²) in [7, 11) is 0. The van der Waals surface area contributed by atoms with Crippen LogP contribution in [0.25, 0.3) is 22.0 Å². The number of nitrogens with one attached hydrogen (secondary N) is 1. The second-order valence-corrected chi connectivity index (χ2v) is 7.74. The van der Waals surface area contributed by atoms with Gasteiger partial charge in [0.15, 0.2) is 0 Å². The normalized spacial score (nSPS) is 21.0. The zero-order chi connectivity index (χ0) is 21.5. The van der Waals surface area contributed by atoms with E-state index in [1.54, 1.807) is 11.6 Å². The highest BCUT2D eigenvalue weighted by Gasteiger charge is 2.38. The van der Waals surface area contributed by atoms with Gasteiger partial charge in [0.2, 0.25) is 0 Å². The van der Waals surface area contributed by atoms with E-state index in [1.807, 2.05) is 36.5 Å². The molecule has 9 nitrogen and oxygen atoms in total. The molecule has 0 aliphatic carbocycles. The summed E-state index contributed by atoms with van der Waals surface area (Å²) in [5, 5.41) is 20.7. The van der Waals surface area contributed by atoms with Gasteiger partial charge in [-0.3, -0.25) is 14.3 Å². The van der Waals surface area contributed by atoms with E-state index in [0.29, 0.717) is 17.7 Å². The predicted octanol–water partition coefficient (Wildman–Crippen LogP) is 1.78. The molecule has 1 aliphatic rings. The molecule has 2 aromatic carbocycles. The third-order valence-electron chi connectivity index (χ3n) is 5.74. The Balaban J connectivity index is 1.45. The number of aromatic amines is 1. The lowest BCUT2D eigenvalue weighted by molar-refractivity contribution is -0.0323. The van der Waals surface area contributed by atoms with E-state index in [4.69, 9.17) is 4.74 Å². The highest BCUT2D eigenvalue weighted by Crippen LogP contribution is 2.36. The zero-order valence-corrected chi connectivity index (χ0v) is 16.8. The molecule has 0 spiro atoms. The van der Waals surface area contributed by atoms with Crippen molar-refractivity contribution in [1.82, 2.24) is 24.5 Å². The van der Waals surface area contributed by atoms with E-state index in [1.165, 1.54) is 10.8 Å². The summed E-state index contributed by atoms with van der Waals surface area (Å²) in [6.45, 7) is 1.39. The highest BCUT2D eigenvalue weighted by molar-refractivity contribution is 5.86. The Kier molecular flexibility index (Phi) is 4.76. The minimum Gasteiger partial charge on any atom is -0.394 e. The minimum atomic E-state index is -0.626. The maximum Gasteiger partial charge on any atom is 0.330 e. The molecule has 2 N–H and O–H groups in total. The fourth-order valence-electron chi connectivity index (χ4n) is 4.05. The van der Waals surface area contributed by atoms with Crippen LogP contribution in [0.1, 0.15) is 24.3 Å². The number of aliphatic hydroxyl groups excluding tert-OH is 1. The number of aliphatic hydroxyl groups is 1. The molecule has 2 aromatic heterocycles. The van der Waals surface area contributed by atoms with Crippen molar-refractivity contribution in [2.24, 2.45) is 0 Å². The number of aryl methyl sites for hydroxylation is 1. The first kappa shape index (κ1) is 19.4. The molecule has 0 unspecified atom stereocenters. The van der Waals surface area contributed by atoms with Gasteiger partial charge < -0.3 is 9.84 Å². The fourth-order valence-corrected chi connectivity index (χ4v) is 4.05. The third-order valence-corrected chi connectivity index (χ3v) is 5.74. The van der Waals surface area contributed by atoms with Gasteiger partial charge in [-0.1, -0.05) is 41.6 Å².